The first-order chi connectivity index (χ1) is 10.5. The molecule has 1 saturated heterocycles. The lowest BCUT2D eigenvalue weighted by atomic mass is 9.97. The van der Waals surface area contributed by atoms with Crippen molar-refractivity contribution < 1.29 is 4.42 Å². The van der Waals surface area contributed by atoms with Gasteiger partial charge in [-0.05, 0) is 46.1 Å². The fraction of sp³-hybridized carbons (Fsp3) is 0.733. The van der Waals surface area contributed by atoms with E-state index in [9.17, 15) is 0 Å². The summed E-state index contributed by atoms with van der Waals surface area (Å²) >= 11 is 0. The molecule has 1 aliphatic rings. The number of aryl methyl sites for hydroxylation is 3. The molecule has 0 spiro atoms. The first-order valence-corrected chi connectivity index (χ1v) is 7.95. The van der Waals surface area contributed by atoms with Gasteiger partial charge in [0.1, 0.15) is 11.6 Å². The summed E-state index contributed by atoms with van der Waals surface area (Å²) in [7, 11) is 0. The quantitative estimate of drug-likeness (QED) is 0.861. The van der Waals surface area contributed by atoms with Crippen molar-refractivity contribution in [3.8, 4) is 0 Å². The predicted molar refractivity (Wildman–Crippen MR) is 81.2 cm³/mol. The van der Waals surface area contributed by atoms with Crippen molar-refractivity contribution in [3.63, 3.8) is 0 Å². The SMILES string of the molecule is Cc1nc(C)n(C[C@H]2CCCN([C@H](C)c3nnc(C)o3)C2)n1. The number of piperidine rings is 1. The highest BCUT2D eigenvalue weighted by Crippen LogP contribution is 2.26. The summed E-state index contributed by atoms with van der Waals surface area (Å²) in [6, 6.07) is 0.169. The maximum Gasteiger partial charge on any atom is 0.233 e. The van der Waals surface area contributed by atoms with E-state index in [0.29, 0.717) is 17.7 Å². The Kier molecular flexibility index (Phi) is 4.24. The van der Waals surface area contributed by atoms with Crippen LogP contribution in [0, 0.1) is 26.7 Å². The average molecular weight is 304 g/mol. The van der Waals surface area contributed by atoms with Crippen molar-refractivity contribution in [1.82, 2.24) is 29.9 Å². The number of rotatable bonds is 4. The molecule has 0 unspecified atom stereocenters. The second-order valence-electron chi connectivity index (χ2n) is 6.23. The minimum atomic E-state index is 0.169. The summed E-state index contributed by atoms with van der Waals surface area (Å²) < 4.78 is 7.62. The normalized spacial score (nSPS) is 21.2. The standard InChI is InChI=1S/C15H24N6O/c1-10(15-18-17-13(4)22-15)20-7-5-6-14(8-20)9-21-12(3)16-11(2)19-21/h10,14H,5-9H2,1-4H3/t10-,14+/m1/s1. The van der Waals surface area contributed by atoms with E-state index in [1.807, 2.05) is 25.5 Å². The molecule has 2 aromatic rings. The summed E-state index contributed by atoms with van der Waals surface area (Å²) in [6.07, 6.45) is 2.42. The van der Waals surface area contributed by atoms with Crippen LogP contribution in [0.1, 0.15) is 49.2 Å². The zero-order valence-electron chi connectivity index (χ0n) is 13.8. The van der Waals surface area contributed by atoms with Crippen molar-refractivity contribution in [2.45, 2.75) is 53.1 Å². The fourth-order valence-corrected chi connectivity index (χ4v) is 3.21. The lowest BCUT2D eigenvalue weighted by Gasteiger charge is -2.35. The van der Waals surface area contributed by atoms with Crippen molar-refractivity contribution in [3.05, 3.63) is 23.4 Å². The monoisotopic (exact) mass is 304 g/mol. The van der Waals surface area contributed by atoms with Gasteiger partial charge in [-0.25, -0.2) is 9.67 Å². The summed E-state index contributed by atoms with van der Waals surface area (Å²) in [4.78, 5) is 6.82. The molecule has 2 atom stereocenters. The van der Waals surface area contributed by atoms with Crippen LogP contribution in [0.5, 0.6) is 0 Å². The van der Waals surface area contributed by atoms with Crippen LogP contribution in [0.4, 0.5) is 0 Å². The van der Waals surface area contributed by atoms with Gasteiger partial charge in [0, 0.05) is 20.0 Å². The molecule has 22 heavy (non-hydrogen) atoms. The second-order valence-corrected chi connectivity index (χ2v) is 6.23. The largest absolute Gasteiger partial charge is 0.424 e. The number of nitrogens with zero attached hydrogens (tertiary/aromatic N) is 6. The molecule has 0 aromatic carbocycles. The molecule has 7 nitrogen and oxygen atoms in total. The van der Waals surface area contributed by atoms with E-state index in [1.165, 1.54) is 12.8 Å². The maximum atomic E-state index is 5.58. The van der Waals surface area contributed by atoms with Gasteiger partial charge in [-0.3, -0.25) is 4.90 Å². The fourth-order valence-electron chi connectivity index (χ4n) is 3.21. The van der Waals surface area contributed by atoms with Gasteiger partial charge in [-0.1, -0.05) is 0 Å². The minimum Gasteiger partial charge on any atom is -0.424 e. The third kappa shape index (κ3) is 3.19. The van der Waals surface area contributed by atoms with Crippen LogP contribution in [-0.2, 0) is 6.54 Å². The van der Waals surface area contributed by atoms with Gasteiger partial charge < -0.3 is 4.42 Å². The van der Waals surface area contributed by atoms with Gasteiger partial charge >= 0.3 is 0 Å². The molecule has 1 aliphatic heterocycles. The number of hydrogen-bond acceptors (Lipinski definition) is 6. The summed E-state index contributed by atoms with van der Waals surface area (Å²) in [5.74, 6) is 3.77. The number of aromatic nitrogens is 5. The van der Waals surface area contributed by atoms with E-state index in [-0.39, 0.29) is 6.04 Å². The van der Waals surface area contributed by atoms with Gasteiger partial charge in [-0.2, -0.15) is 5.10 Å². The molecule has 0 radical (unpaired) electrons. The van der Waals surface area contributed by atoms with Gasteiger partial charge in [0.25, 0.3) is 0 Å². The van der Waals surface area contributed by atoms with Gasteiger partial charge in [0.05, 0.1) is 6.04 Å². The molecule has 120 valence electrons. The maximum absolute atomic E-state index is 5.58. The molecule has 7 heteroatoms. The molecule has 3 rings (SSSR count). The van der Waals surface area contributed by atoms with Crippen molar-refractivity contribution in [2.24, 2.45) is 5.92 Å². The Labute approximate surface area is 130 Å². The molecular formula is C15H24N6O. The Hall–Kier alpha value is -1.76. The average Bonchev–Trinajstić information content (AvgIpc) is 3.05. The Morgan fingerprint density at radius 1 is 1.27 bits per heavy atom. The highest BCUT2D eigenvalue weighted by atomic mass is 16.4. The second kappa shape index (κ2) is 6.16. The Morgan fingerprint density at radius 2 is 2.09 bits per heavy atom. The molecule has 1 fully saturated rings. The van der Waals surface area contributed by atoms with E-state index < -0.39 is 0 Å². The first kappa shape index (κ1) is 15.1. The van der Waals surface area contributed by atoms with Crippen LogP contribution in [0.2, 0.25) is 0 Å². The Balaban J connectivity index is 1.65. The van der Waals surface area contributed by atoms with E-state index in [1.54, 1.807) is 0 Å². The predicted octanol–water partition coefficient (Wildman–Crippen LogP) is 2.06. The van der Waals surface area contributed by atoms with Crippen molar-refractivity contribution in [1.29, 1.82) is 0 Å². The summed E-state index contributed by atoms with van der Waals surface area (Å²) in [5, 5.41) is 12.6. The van der Waals surface area contributed by atoms with Crippen LogP contribution in [0.25, 0.3) is 0 Å². The summed E-state index contributed by atoms with van der Waals surface area (Å²) in [6.45, 7) is 11.0. The van der Waals surface area contributed by atoms with E-state index in [0.717, 1.165) is 31.3 Å². The number of likely N-dealkylation sites (tertiary alicyclic amines) is 1. The molecule has 2 aromatic heterocycles. The molecule has 0 N–H and O–H groups in total. The van der Waals surface area contributed by atoms with Crippen LogP contribution in [-0.4, -0.2) is 43.0 Å². The lowest BCUT2D eigenvalue weighted by Crippen LogP contribution is -2.39. The van der Waals surface area contributed by atoms with Crippen LogP contribution >= 0.6 is 0 Å². The van der Waals surface area contributed by atoms with Crippen LogP contribution in [0.15, 0.2) is 4.42 Å². The van der Waals surface area contributed by atoms with Gasteiger partial charge in [-0.15, -0.1) is 10.2 Å². The van der Waals surface area contributed by atoms with Crippen molar-refractivity contribution >= 4 is 0 Å². The zero-order valence-corrected chi connectivity index (χ0v) is 13.8. The zero-order chi connectivity index (χ0) is 15.7. The van der Waals surface area contributed by atoms with Gasteiger partial charge in [0.2, 0.25) is 11.8 Å². The number of hydrogen-bond donors (Lipinski definition) is 0. The molecule has 0 aliphatic carbocycles. The molecular weight excluding hydrogens is 280 g/mol. The van der Waals surface area contributed by atoms with Crippen molar-refractivity contribution in [2.75, 3.05) is 13.1 Å². The third-order valence-corrected chi connectivity index (χ3v) is 4.39. The third-order valence-electron chi connectivity index (χ3n) is 4.39. The summed E-state index contributed by atoms with van der Waals surface area (Å²) in [5.41, 5.74) is 0. The smallest absolute Gasteiger partial charge is 0.233 e. The van der Waals surface area contributed by atoms with E-state index in [4.69, 9.17) is 4.42 Å². The molecule has 0 amide bonds. The lowest BCUT2D eigenvalue weighted by molar-refractivity contribution is 0.106. The molecule has 3 heterocycles. The highest BCUT2D eigenvalue weighted by Gasteiger charge is 2.27. The van der Waals surface area contributed by atoms with Crippen LogP contribution < -0.4 is 0 Å². The minimum absolute atomic E-state index is 0.169. The highest BCUT2D eigenvalue weighted by molar-refractivity contribution is 4.92. The van der Waals surface area contributed by atoms with E-state index >= 15 is 0 Å². The van der Waals surface area contributed by atoms with Crippen LogP contribution in [0.3, 0.4) is 0 Å². The van der Waals surface area contributed by atoms with Gasteiger partial charge in [0.15, 0.2) is 0 Å². The Bertz CT molecular complexity index is 634. The first-order valence-electron chi connectivity index (χ1n) is 7.95. The topological polar surface area (TPSA) is 72.9 Å². The Morgan fingerprint density at radius 3 is 2.73 bits per heavy atom. The molecule has 0 bridgehead atoms. The molecule has 0 saturated carbocycles. The van der Waals surface area contributed by atoms with E-state index in [2.05, 4.69) is 32.1 Å².